The van der Waals surface area contributed by atoms with Crippen LogP contribution >= 0.6 is 0 Å². The molecule has 0 amide bonds. The summed E-state index contributed by atoms with van der Waals surface area (Å²) in [6.07, 6.45) is 3.47. The topological polar surface area (TPSA) is 71.7 Å². The highest BCUT2D eigenvalue weighted by molar-refractivity contribution is 5.84. The van der Waals surface area contributed by atoms with Gasteiger partial charge in [0.25, 0.3) is 0 Å². The average Bonchev–Trinajstić information content (AvgIpc) is 3.46. The normalized spacial score (nSPS) is 13.5. The zero-order chi connectivity index (χ0) is 16.9. The van der Waals surface area contributed by atoms with Gasteiger partial charge in [-0.05, 0) is 54.8 Å². The molecule has 24 heavy (non-hydrogen) atoms. The minimum Gasteiger partial charge on any atom is -0.493 e. The number of esters is 1. The first kappa shape index (κ1) is 15.8. The third kappa shape index (κ3) is 3.79. The molecule has 2 aromatic rings. The number of rotatable bonds is 5. The van der Waals surface area contributed by atoms with E-state index in [0.717, 1.165) is 18.4 Å². The molecule has 120 valence electrons. The lowest BCUT2D eigenvalue weighted by molar-refractivity contribution is -0.135. The van der Waals surface area contributed by atoms with Crippen LogP contribution in [0.5, 0.6) is 11.5 Å². The van der Waals surface area contributed by atoms with E-state index in [4.69, 9.17) is 14.7 Å². The third-order valence-corrected chi connectivity index (χ3v) is 3.65. The molecule has 2 aromatic carbocycles. The highest BCUT2D eigenvalue weighted by Crippen LogP contribution is 2.34. The smallest absolute Gasteiger partial charge is 0.314 e. The summed E-state index contributed by atoms with van der Waals surface area (Å²) in [6, 6.07) is 14.4. The Labute approximate surface area is 140 Å². The summed E-state index contributed by atoms with van der Waals surface area (Å²) in [6.45, 7) is 0. The fourth-order valence-electron chi connectivity index (χ4n) is 2.16. The van der Waals surface area contributed by atoms with Gasteiger partial charge in [-0.1, -0.05) is 6.07 Å². The van der Waals surface area contributed by atoms with Gasteiger partial charge in [-0.3, -0.25) is 9.79 Å². The SMILES string of the molecule is COc1cc(C=Nc2cccc(C#N)c2)ccc1OC(=O)C1CC1. The number of carbonyl (C=O) groups excluding carboxylic acids is 1. The number of hydrogen-bond donors (Lipinski definition) is 0. The summed E-state index contributed by atoms with van der Waals surface area (Å²) < 4.78 is 10.7. The molecule has 0 aliphatic heterocycles. The van der Waals surface area contributed by atoms with Crippen molar-refractivity contribution in [3.63, 3.8) is 0 Å². The van der Waals surface area contributed by atoms with E-state index < -0.39 is 0 Å². The predicted molar refractivity (Wildman–Crippen MR) is 89.8 cm³/mol. The second kappa shape index (κ2) is 6.97. The van der Waals surface area contributed by atoms with E-state index >= 15 is 0 Å². The van der Waals surface area contributed by atoms with Crippen LogP contribution in [-0.4, -0.2) is 19.3 Å². The van der Waals surface area contributed by atoms with Gasteiger partial charge in [0, 0.05) is 6.21 Å². The van der Waals surface area contributed by atoms with Crippen LogP contribution in [0, 0.1) is 17.2 Å². The van der Waals surface area contributed by atoms with Gasteiger partial charge >= 0.3 is 5.97 Å². The van der Waals surface area contributed by atoms with Gasteiger partial charge in [0.2, 0.25) is 0 Å². The maximum absolute atomic E-state index is 11.8. The number of nitrogens with zero attached hydrogens (tertiary/aromatic N) is 2. The second-order valence-electron chi connectivity index (χ2n) is 5.53. The minimum atomic E-state index is -0.206. The molecular formula is C19H16N2O3. The van der Waals surface area contributed by atoms with Crippen LogP contribution < -0.4 is 9.47 Å². The second-order valence-corrected chi connectivity index (χ2v) is 5.53. The first-order chi connectivity index (χ1) is 11.7. The van der Waals surface area contributed by atoms with Gasteiger partial charge in [-0.15, -0.1) is 0 Å². The third-order valence-electron chi connectivity index (χ3n) is 3.65. The van der Waals surface area contributed by atoms with Crippen molar-refractivity contribution in [3.05, 3.63) is 53.6 Å². The fraction of sp³-hybridized carbons (Fsp3) is 0.211. The fourth-order valence-corrected chi connectivity index (χ4v) is 2.16. The standard InChI is InChI=1S/C19H16N2O3/c1-23-18-10-14(5-8-17(18)24-19(22)15-6-7-15)12-21-16-4-2-3-13(9-16)11-20/h2-5,8-10,12,15H,6-7H2,1H3. The molecule has 3 rings (SSSR count). The Morgan fingerprint density at radius 3 is 2.79 bits per heavy atom. The lowest BCUT2D eigenvalue weighted by atomic mass is 10.2. The van der Waals surface area contributed by atoms with Crippen LogP contribution in [0.4, 0.5) is 5.69 Å². The van der Waals surface area contributed by atoms with Crippen molar-refractivity contribution in [2.24, 2.45) is 10.9 Å². The van der Waals surface area contributed by atoms with Crippen LogP contribution in [0.15, 0.2) is 47.5 Å². The maximum atomic E-state index is 11.8. The molecular weight excluding hydrogens is 304 g/mol. The largest absolute Gasteiger partial charge is 0.493 e. The number of hydrogen-bond acceptors (Lipinski definition) is 5. The molecule has 5 heteroatoms. The van der Waals surface area contributed by atoms with E-state index in [9.17, 15) is 4.79 Å². The number of methoxy groups -OCH3 is 1. The van der Waals surface area contributed by atoms with Gasteiger partial charge < -0.3 is 9.47 Å². The number of carbonyl (C=O) groups is 1. The van der Waals surface area contributed by atoms with Crippen molar-refractivity contribution in [1.29, 1.82) is 5.26 Å². The van der Waals surface area contributed by atoms with Gasteiger partial charge in [0.1, 0.15) is 0 Å². The lowest BCUT2D eigenvalue weighted by Gasteiger charge is -2.09. The molecule has 0 spiro atoms. The molecule has 1 fully saturated rings. The van der Waals surface area contributed by atoms with Crippen molar-refractivity contribution in [1.82, 2.24) is 0 Å². The highest BCUT2D eigenvalue weighted by atomic mass is 16.6. The average molecular weight is 320 g/mol. The van der Waals surface area contributed by atoms with Crippen molar-refractivity contribution in [2.75, 3.05) is 7.11 Å². The Hall–Kier alpha value is -3.13. The van der Waals surface area contributed by atoms with Gasteiger partial charge in [-0.25, -0.2) is 0 Å². The highest BCUT2D eigenvalue weighted by Gasteiger charge is 2.32. The molecule has 1 saturated carbocycles. The first-order valence-corrected chi connectivity index (χ1v) is 7.63. The monoisotopic (exact) mass is 320 g/mol. The first-order valence-electron chi connectivity index (χ1n) is 7.63. The number of benzene rings is 2. The van der Waals surface area contributed by atoms with E-state index in [-0.39, 0.29) is 11.9 Å². The Bertz CT molecular complexity index is 833. The van der Waals surface area contributed by atoms with Gasteiger partial charge in [0.05, 0.1) is 30.3 Å². The Morgan fingerprint density at radius 2 is 2.08 bits per heavy atom. The quantitative estimate of drug-likeness (QED) is 0.479. The van der Waals surface area contributed by atoms with Crippen LogP contribution in [0.25, 0.3) is 0 Å². The molecule has 5 nitrogen and oxygen atoms in total. The zero-order valence-electron chi connectivity index (χ0n) is 13.2. The van der Waals surface area contributed by atoms with E-state index in [0.29, 0.717) is 22.7 Å². The molecule has 1 aliphatic rings. The zero-order valence-corrected chi connectivity index (χ0v) is 13.2. The van der Waals surface area contributed by atoms with Crippen molar-refractivity contribution in [3.8, 4) is 17.6 Å². The van der Waals surface area contributed by atoms with Gasteiger partial charge in [-0.2, -0.15) is 5.26 Å². The number of aliphatic imine (C=N–C) groups is 1. The molecule has 0 bridgehead atoms. The lowest BCUT2D eigenvalue weighted by Crippen LogP contribution is -2.10. The summed E-state index contributed by atoms with van der Waals surface area (Å²) >= 11 is 0. The van der Waals surface area contributed by atoms with Gasteiger partial charge in [0.15, 0.2) is 11.5 Å². The minimum absolute atomic E-state index is 0.0309. The summed E-state index contributed by atoms with van der Waals surface area (Å²) in [7, 11) is 1.53. The summed E-state index contributed by atoms with van der Waals surface area (Å²) in [5.74, 6) is 0.725. The predicted octanol–water partition coefficient (Wildman–Crippen LogP) is 3.63. The molecule has 0 atom stereocenters. The molecule has 0 aromatic heterocycles. The molecule has 0 saturated heterocycles. The molecule has 0 N–H and O–H groups in total. The van der Waals surface area contributed by atoms with E-state index in [1.807, 2.05) is 6.07 Å². The summed E-state index contributed by atoms with van der Waals surface area (Å²) in [4.78, 5) is 16.1. The van der Waals surface area contributed by atoms with E-state index in [1.165, 1.54) is 7.11 Å². The Morgan fingerprint density at radius 1 is 1.25 bits per heavy atom. The van der Waals surface area contributed by atoms with E-state index in [1.54, 1.807) is 42.6 Å². The van der Waals surface area contributed by atoms with E-state index in [2.05, 4.69) is 11.1 Å². The van der Waals surface area contributed by atoms with Crippen LogP contribution in [-0.2, 0) is 4.79 Å². The van der Waals surface area contributed by atoms with Crippen molar-refractivity contribution >= 4 is 17.9 Å². The van der Waals surface area contributed by atoms with Crippen molar-refractivity contribution in [2.45, 2.75) is 12.8 Å². The number of nitriles is 1. The number of ether oxygens (including phenoxy) is 2. The molecule has 0 radical (unpaired) electrons. The van der Waals surface area contributed by atoms with Crippen LogP contribution in [0.3, 0.4) is 0 Å². The molecule has 1 aliphatic carbocycles. The van der Waals surface area contributed by atoms with Crippen molar-refractivity contribution < 1.29 is 14.3 Å². The summed E-state index contributed by atoms with van der Waals surface area (Å²) in [5.41, 5.74) is 2.06. The Kier molecular flexibility index (Phi) is 4.57. The summed E-state index contributed by atoms with van der Waals surface area (Å²) in [5, 5.41) is 8.90. The Balaban J connectivity index is 1.77. The van der Waals surface area contributed by atoms with Crippen LogP contribution in [0.2, 0.25) is 0 Å². The molecule has 0 heterocycles. The molecule has 0 unspecified atom stereocenters. The maximum Gasteiger partial charge on any atom is 0.314 e. The van der Waals surface area contributed by atoms with Crippen LogP contribution in [0.1, 0.15) is 24.0 Å².